The second-order valence-electron chi connectivity index (χ2n) is 2.58. The van der Waals surface area contributed by atoms with E-state index in [4.69, 9.17) is 0 Å². The fourth-order valence-electron chi connectivity index (χ4n) is 1.14. The summed E-state index contributed by atoms with van der Waals surface area (Å²) in [6.45, 7) is 0. The topological polar surface area (TPSA) is 26.9 Å². The lowest BCUT2D eigenvalue weighted by Crippen LogP contribution is -2.23. The van der Waals surface area contributed by atoms with Crippen LogP contribution in [0, 0.1) is 11.0 Å². The number of fused-ring (bicyclic) bond motifs is 1. The van der Waals surface area contributed by atoms with E-state index in [9.17, 15) is 9.60 Å². The van der Waals surface area contributed by atoms with Crippen molar-refractivity contribution in [2.24, 2.45) is 0 Å². The Labute approximate surface area is 68.5 Å². The standard InChI is InChI=1S/C9H6FNO/c10-9-2-1-7-3-4-11(12)6-8(7)5-9/h1-6H. The summed E-state index contributed by atoms with van der Waals surface area (Å²) < 4.78 is 13.3. The Hall–Kier alpha value is -1.64. The second-order valence-corrected chi connectivity index (χ2v) is 2.58. The van der Waals surface area contributed by atoms with Crippen LogP contribution in [0.5, 0.6) is 0 Å². The number of pyridine rings is 1. The smallest absolute Gasteiger partial charge is 0.188 e. The zero-order valence-corrected chi connectivity index (χ0v) is 6.20. The van der Waals surface area contributed by atoms with Crippen LogP contribution in [0.25, 0.3) is 10.8 Å². The number of rotatable bonds is 0. The Morgan fingerprint density at radius 2 is 2.00 bits per heavy atom. The molecule has 0 fully saturated rings. The van der Waals surface area contributed by atoms with Gasteiger partial charge in [0, 0.05) is 11.5 Å². The van der Waals surface area contributed by atoms with Crippen molar-refractivity contribution < 1.29 is 9.12 Å². The Kier molecular flexibility index (Phi) is 1.43. The molecule has 3 heteroatoms. The largest absolute Gasteiger partial charge is 0.619 e. The minimum absolute atomic E-state index is 0.325. The molecule has 0 bridgehead atoms. The lowest BCUT2D eigenvalue weighted by molar-refractivity contribution is -0.603. The monoisotopic (exact) mass is 163 g/mol. The van der Waals surface area contributed by atoms with Crippen LogP contribution >= 0.6 is 0 Å². The lowest BCUT2D eigenvalue weighted by Gasteiger charge is -1.97. The second kappa shape index (κ2) is 2.44. The highest BCUT2D eigenvalue weighted by Crippen LogP contribution is 2.12. The summed E-state index contributed by atoms with van der Waals surface area (Å²) in [5, 5.41) is 12.3. The van der Waals surface area contributed by atoms with Crippen LogP contribution in [0.1, 0.15) is 0 Å². The van der Waals surface area contributed by atoms with E-state index in [1.807, 2.05) is 0 Å². The third-order valence-corrected chi connectivity index (χ3v) is 1.72. The molecule has 12 heavy (non-hydrogen) atoms. The van der Waals surface area contributed by atoms with Crippen LogP contribution in [0.15, 0.2) is 36.7 Å². The molecule has 60 valence electrons. The SMILES string of the molecule is [O-][n+]1ccc2ccc(F)cc2c1. The molecular formula is C9H6FNO. The predicted octanol–water partition coefficient (Wildman–Crippen LogP) is 1.61. The average molecular weight is 163 g/mol. The molecular weight excluding hydrogens is 157 g/mol. The van der Waals surface area contributed by atoms with Crippen molar-refractivity contribution in [1.29, 1.82) is 0 Å². The van der Waals surface area contributed by atoms with Crippen molar-refractivity contribution in [1.82, 2.24) is 0 Å². The summed E-state index contributed by atoms with van der Waals surface area (Å²) >= 11 is 0. The summed E-state index contributed by atoms with van der Waals surface area (Å²) in [7, 11) is 0. The first-order chi connectivity index (χ1) is 5.75. The van der Waals surface area contributed by atoms with Gasteiger partial charge in [0.1, 0.15) is 5.82 Å². The molecule has 0 aliphatic heterocycles. The molecule has 0 saturated carbocycles. The number of aromatic nitrogens is 1. The zero-order valence-electron chi connectivity index (χ0n) is 6.20. The summed E-state index contributed by atoms with van der Waals surface area (Å²) in [6, 6.07) is 6.01. The van der Waals surface area contributed by atoms with Gasteiger partial charge in [0.05, 0.1) is 0 Å². The maximum atomic E-state index is 12.7. The minimum atomic E-state index is -0.325. The van der Waals surface area contributed by atoms with Crippen LogP contribution in [-0.2, 0) is 0 Å². The molecule has 1 aromatic heterocycles. The van der Waals surface area contributed by atoms with Gasteiger partial charge in [-0.15, -0.1) is 0 Å². The number of nitrogens with zero attached hydrogens (tertiary/aromatic N) is 1. The average Bonchev–Trinajstić information content (AvgIpc) is 2.03. The first kappa shape index (κ1) is 7.03. The summed E-state index contributed by atoms with van der Waals surface area (Å²) in [4.78, 5) is 0. The van der Waals surface area contributed by atoms with Crippen molar-refractivity contribution in [3.8, 4) is 0 Å². The third-order valence-electron chi connectivity index (χ3n) is 1.72. The maximum Gasteiger partial charge on any atom is 0.188 e. The molecule has 0 N–H and O–H groups in total. The van der Waals surface area contributed by atoms with Crippen LogP contribution in [0.3, 0.4) is 0 Å². The Bertz CT molecular complexity index is 391. The first-order valence-electron chi connectivity index (χ1n) is 3.54. The van der Waals surface area contributed by atoms with Crippen LogP contribution in [0.4, 0.5) is 4.39 Å². The molecule has 1 heterocycles. The first-order valence-corrected chi connectivity index (χ1v) is 3.54. The highest BCUT2D eigenvalue weighted by Gasteiger charge is 1.98. The zero-order chi connectivity index (χ0) is 8.55. The molecule has 0 saturated heterocycles. The van der Waals surface area contributed by atoms with E-state index < -0.39 is 0 Å². The molecule has 0 aliphatic carbocycles. The van der Waals surface area contributed by atoms with Crippen LogP contribution < -0.4 is 4.73 Å². The molecule has 2 nitrogen and oxygen atoms in total. The Balaban J connectivity index is 2.80. The number of halogens is 1. The molecule has 1 aromatic carbocycles. The molecule has 0 spiro atoms. The van der Waals surface area contributed by atoms with Crippen molar-refractivity contribution in [3.63, 3.8) is 0 Å². The minimum Gasteiger partial charge on any atom is -0.619 e. The maximum absolute atomic E-state index is 12.7. The number of hydrogen-bond donors (Lipinski definition) is 0. The fraction of sp³-hybridized carbons (Fsp3) is 0. The fourth-order valence-corrected chi connectivity index (χ4v) is 1.14. The number of hydrogen-bond acceptors (Lipinski definition) is 1. The van der Waals surface area contributed by atoms with E-state index in [2.05, 4.69) is 0 Å². The predicted molar refractivity (Wildman–Crippen MR) is 42.9 cm³/mol. The van der Waals surface area contributed by atoms with Crippen molar-refractivity contribution in [3.05, 3.63) is 47.7 Å². The molecule has 2 aromatic rings. The van der Waals surface area contributed by atoms with Gasteiger partial charge in [0.2, 0.25) is 0 Å². The summed E-state index contributed by atoms with van der Waals surface area (Å²) in [5.41, 5.74) is 0. The quantitative estimate of drug-likeness (QED) is 0.428. The van der Waals surface area contributed by atoms with E-state index in [0.717, 1.165) is 5.39 Å². The van der Waals surface area contributed by atoms with Gasteiger partial charge < -0.3 is 5.21 Å². The van der Waals surface area contributed by atoms with E-state index in [0.29, 0.717) is 10.1 Å². The van der Waals surface area contributed by atoms with E-state index in [-0.39, 0.29) is 5.82 Å². The molecule has 0 atom stereocenters. The lowest BCUT2D eigenvalue weighted by atomic mass is 10.2. The molecule has 0 unspecified atom stereocenters. The van der Waals surface area contributed by atoms with Crippen molar-refractivity contribution in [2.45, 2.75) is 0 Å². The van der Waals surface area contributed by atoms with Crippen molar-refractivity contribution in [2.75, 3.05) is 0 Å². The van der Waals surface area contributed by atoms with Gasteiger partial charge in [-0.3, -0.25) is 0 Å². The highest BCUT2D eigenvalue weighted by atomic mass is 19.1. The van der Waals surface area contributed by atoms with Crippen LogP contribution in [-0.4, -0.2) is 0 Å². The van der Waals surface area contributed by atoms with Gasteiger partial charge in [-0.05, 0) is 17.5 Å². The van der Waals surface area contributed by atoms with Gasteiger partial charge in [-0.25, -0.2) is 4.39 Å². The van der Waals surface area contributed by atoms with E-state index >= 15 is 0 Å². The highest BCUT2D eigenvalue weighted by molar-refractivity contribution is 5.80. The van der Waals surface area contributed by atoms with E-state index in [1.54, 1.807) is 12.1 Å². The molecule has 2 rings (SSSR count). The Morgan fingerprint density at radius 1 is 1.17 bits per heavy atom. The van der Waals surface area contributed by atoms with Gasteiger partial charge in [-0.2, -0.15) is 4.73 Å². The van der Waals surface area contributed by atoms with Crippen LogP contribution in [0.2, 0.25) is 0 Å². The number of benzene rings is 1. The van der Waals surface area contributed by atoms with E-state index in [1.165, 1.54) is 24.5 Å². The molecule has 0 aliphatic rings. The normalized spacial score (nSPS) is 10.4. The third kappa shape index (κ3) is 1.09. The van der Waals surface area contributed by atoms with Gasteiger partial charge in [0.15, 0.2) is 12.4 Å². The summed E-state index contributed by atoms with van der Waals surface area (Å²) in [6.07, 6.45) is 2.73. The molecule has 0 radical (unpaired) electrons. The molecule has 0 amide bonds. The van der Waals surface area contributed by atoms with Crippen molar-refractivity contribution >= 4 is 10.8 Å². The van der Waals surface area contributed by atoms with Gasteiger partial charge in [-0.1, -0.05) is 6.07 Å². The Morgan fingerprint density at radius 3 is 2.83 bits per heavy atom. The van der Waals surface area contributed by atoms with Gasteiger partial charge in [0.25, 0.3) is 0 Å². The van der Waals surface area contributed by atoms with Gasteiger partial charge >= 0.3 is 0 Å². The summed E-state index contributed by atoms with van der Waals surface area (Å²) in [5.74, 6) is -0.325.